The van der Waals surface area contributed by atoms with Crippen molar-refractivity contribution >= 4 is 0 Å². The summed E-state index contributed by atoms with van der Waals surface area (Å²) in [5.74, 6) is 1.38. The van der Waals surface area contributed by atoms with Crippen molar-refractivity contribution < 1.29 is 9.26 Å². The van der Waals surface area contributed by atoms with Crippen LogP contribution >= 0.6 is 0 Å². The van der Waals surface area contributed by atoms with E-state index in [0.29, 0.717) is 18.9 Å². The fourth-order valence-electron chi connectivity index (χ4n) is 1.93. The van der Waals surface area contributed by atoms with Gasteiger partial charge in [0.25, 0.3) is 0 Å². The fourth-order valence-corrected chi connectivity index (χ4v) is 1.93. The summed E-state index contributed by atoms with van der Waals surface area (Å²) >= 11 is 0. The largest absolute Gasteiger partial charge is 0.385 e. The Morgan fingerprint density at radius 3 is 2.72 bits per heavy atom. The Balaban J connectivity index is 2.38. The molecule has 5 nitrogen and oxygen atoms in total. The van der Waals surface area contributed by atoms with Gasteiger partial charge in [0.05, 0.1) is 0 Å². The highest BCUT2D eigenvalue weighted by molar-refractivity contribution is 4.90. The van der Waals surface area contributed by atoms with E-state index in [1.807, 2.05) is 0 Å². The van der Waals surface area contributed by atoms with E-state index in [1.54, 1.807) is 7.11 Å². The summed E-state index contributed by atoms with van der Waals surface area (Å²) in [4.78, 5) is 4.34. The normalized spacial score (nSPS) is 13.8. The van der Waals surface area contributed by atoms with Gasteiger partial charge in [0.1, 0.15) is 0 Å². The first-order chi connectivity index (χ1) is 8.40. The first-order valence-electron chi connectivity index (χ1n) is 6.46. The number of methoxy groups -OCH3 is 1. The van der Waals surface area contributed by atoms with Crippen LogP contribution in [0, 0.1) is 5.41 Å². The van der Waals surface area contributed by atoms with Crippen molar-refractivity contribution in [1.82, 2.24) is 10.1 Å². The molecule has 1 heterocycles. The highest BCUT2D eigenvalue weighted by Crippen LogP contribution is 2.21. The summed E-state index contributed by atoms with van der Waals surface area (Å²) in [5, 5.41) is 3.94. The summed E-state index contributed by atoms with van der Waals surface area (Å²) in [5.41, 5.74) is 6.30. The van der Waals surface area contributed by atoms with Crippen LogP contribution in [0.25, 0.3) is 0 Å². The molecule has 0 aliphatic carbocycles. The lowest BCUT2D eigenvalue weighted by molar-refractivity contribution is 0.194. The van der Waals surface area contributed by atoms with Gasteiger partial charge in [-0.3, -0.25) is 0 Å². The molecule has 0 aliphatic heterocycles. The van der Waals surface area contributed by atoms with E-state index in [-0.39, 0.29) is 11.5 Å². The molecule has 0 fully saturated rings. The van der Waals surface area contributed by atoms with Crippen LogP contribution in [0.1, 0.15) is 45.3 Å². The predicted octanol–water partition coefficient (Wildman–Crippen LogP) is 1.95. The lowest BCUT2D eigenvalue weighted by atomic mass is 9.87. The molecule has 1 atom stereocenters. The van der Waals surface area contributed by atoms with Crippen LogP contribution in [0.3, 0.4) is 0 Å². The smallest absolute Gasteiger partial charge is 0.228 e. The van der Waals surface area contributed by atoms with Crippen LogP contribution in [-0.4, -0.2) is 29.9 Å². The number of hydrogen-bond acceptors (Lipinski definition) is 5. The second kappa shape index (κ2) is 6.85. The van der Waals surface area contributed by atoms with E-state index in [9.17, 15) is 0 Å². The lowest BCUT2D eigenvalue weighted by Crippen LogP contribution is -2.28. The first-order valence-corrected chi connectivity index (χ1v) is 6.46. The average molecular weight is 255 g/mol. The number of nitrogens with zero attached hydrogens (tertiary/aromatic N) is 2. The van der Waals surface area contributed by atoms with Gasteiger partial charge in [-0.2, -0.15) is 4.98 Å². The monoisotopic (exact) mass is 255 g/mol. The maximum Gasteiger partial charge on any atom is 0.228 e. The van der Waals surface area contributed by atoms with Crippen molar-refractivity contribution in [2.45, 2.75) is 52.5 Å². The molecular formula is C13H25N3O2. The number of rotatable bonds is 7. The van der Waals surface area contributed by atoms with Crippen LogP contribution in [0.4, 0.5) is 0 Å². The Morgan fingerprint density at radius 1 is 1.39 bits per heavy atom. The van der Waals surface area contributed by atoms with Gasteiger partial charge in [-0.25, -0.2) is 0 Å². The summed E-state index contributed by atoms with van der Waals surface area (Å²) in [6.07, 6.45) is 3.28. The quantitative estimate of drug-likeness (QED) is 0.754. The second-order valence-corrected chi connectivity index (χ2v) is 5.93. The molecule has 1 unspecified atom stereocenters. The van der Waals surface area contributed by atoms with Crippen molar-refractivity contribution in [3.05, 3.63) is 11.7 Å². The molecule has 104 valence electrons. The maximum absolute atomic E-state index is 6.07. The Labute approximate surface area is 109 Å². The molecule has 0 saturated heterocycles. The maximum atomic E-state index is 6.07. The number of aryl methyl sites for hydroxylation is 1. The molecule has 0 aliphatic rings. The van der Waals surface area contributed by atoms with Gasteiger partial charge in [0.2, 0.25) is 5.89 Å². The highest BCUT2D eigenvalue weighted by Gasteiger charge is 2.18. The Morgan fingerprint density at radius 2 is 2.11 bits per heavy atom. The van der Waals surface area contributed by atoms with Crippen molar-refractivity contribution in [1.29, 1.82) is 0 Å². The minimum Gasteiger partial charge on any atom is -0.385 e. The molecule has 1 aromatic heterocycles. The van der Waals surface area contributed by atoms with Gasteiger partial charge in [-0.1, -0.05) is 25.9 Å². The molecule has 0 aromatic carbocycles. The number of aromatic nitrogens is 2. The molecule has 0 spiro atoms. The summed E-state index contributed by atoms with van der Waals surface area (Å²) in [7, 11) is 1.69. The van der Waals surface area contributed by atoms with Gasteiger partial charge >= 0.3 is 0 Å². The standard InChI is InChI=1S/C13H25N3O2/c1-13(2,3)9-10(14)8-12-15-11(16-18-12)6-5-7-17-4/h10H,5-9,14H2,1-4H3. The topological polar surface area (TPSA) is 74.2 Å². The molecule has 5 heteroatoms. The van der Waals surface area contributed by atoms with Gasteiger partial charge < -0.3 is 15.0 Å². The average Bonchev–Trinajstić information content (AvgIpc) is 2.63. The molecule has 1 aromatic rings. The summed E-state index contributed by atoms with van der Waals surface area (Å²) in [6, 6.07) is 0.0669. The molecule has 0 amide bonds. The zero-order chi connectivity index (χ0) is 13.6. The van der Waals surface area contributed by atoms with Crippen LogP contribution in [0.15, 0.2) is 4.52 Å². The van der Waals surface area contributed by atoms with E-state index in [1.165, 1.54) is 0 Å². The van der Waals surface area contributed by atoms with Gasteiger partial charge in [-0.05, 0) is 18.3 Å². The van der Waals surface area contributed by atoms with E-state index < -0.39 is 0 Å². The molecule has 0 bridgehead atoms. The Hall–Kier alpha value is -0.940. The summed E-state index contributed by atoms with van der Waals surface area (Å²) in [6.45, 7) is 7.25. The molecule has 1 rings (SSSR count). The molecule has 2 N–H and O–H groups in total. The van der Waals surface area contributed by atoms with Crippen molar-refractivity contribution in [3.63, 3.8) is 0 Å². The molecule has 18 heavy (non-hydrogen) atoms. The van der Waals surface area contributed by atoms with Gasteiger partial charge in [0, 0.05) is 32.6 Å². The number of ether oxygens (including phenoxy) is 1. The van der Waals surface area contributed by atoms with E-state index in [0.717, 1.165) is 25.1 Å². The van der Waals surface area contributed by atoms with E-state index in [2.05, 4.69) is 30.9 Å². The van der Waals surface area contributed by atoms with Crippen LogP contribution in [-0.2, 0) is 17.6 Å². The minimum absolute atomic E-state index is 0.0669. The van der Waals surface area contributed by atoms with E-state index in [4.69, 9.17) is 15.0 Å². The first kappa shape index (κ1) is 15.1. The third kappa shape index (κ3) is 6.12. The number of nitrogens with two attached hydrogens (primary N) is 1. The third-order valence-electron chi connectivity index (χ3n) is 2.57. The Kier molecular flexibility index (Phi) is 5.75. The van der Waals surface area contributed by atoms with Gasteiger partial charge in [-0.15, -0.1) is 0 Å². The van der Waals surface area contributed by atoms with Crippen LogP contribution in [0.2, 0.25) is 0 Å². The SMILES string of the molecule is COCCCc1noc(CC(N)CC(C)(C)C)n1. The van der Waals surface area contributed by atoms with Crippen LogP contribution < -0.4 is 5.73 Å². The second-order valence-electron chi connectivity index (χ2n) is 5.93. The molecule has 0 radical (unpaired) electrons. The summed E-state index contributed by atoms with van der Waals surface area (Å²) < 4.78 is 10.2. The van der Waals surface area contributed by atoms with Crippen LogP contribution in [0.5, 0.6) is 0 Å². The predicted molar refractivity (Wildman–Crippen MR) is 70.2 cm³/mol. The van der Waals surface area contributed by atoms with E-state index >= 15 is 0 Å². The van der Waals surface area contributed by atoms with Crippen molar-refractivity contribution in [3.8, 4) is 0 Å². The lowest BCUT2D eigenvalue weighted by Gasteiger charge is -2.21. The number of hydrogen-bond donors (Lipinski definition) is 1. The molecular weight excluding hydrogens is 230 g/mol. The van der Waals surface area contributed by atoms with Gasteiger partial charge in [0.15, 0.2) is 5.82 Å². The Bertz CT molecular complexity index is 344. The third-order valence-corrected chi connectivity index (χ3v) is 2.57. The zero-order valence-corrected chi connectivity index (χ0v) is 11.9. The van der Waals surface area contributed by atoms with Crippen molar-refractivity contribution in [2.24, 2.45) is 11.1 Å². The highest BCUT2D eigenvalue weighted by atomic mass is 16.5. The van der Waals surface area contributed by atoms with Crippen molar-refractivity contribution in [2.75, 3.05) is 13.7 Å². The zero-order valence-electron chi connectivity index (χ0n) is 11.9. The minimum atomic E-state index is 0.0669. The fraction of sp³-hybridized carbons (Fsp3) is 0.846. The molecule has 0 saturated carbocycles.